The zero-order chi connectivity index (χ0) is 10.3. The van der Waals surface area contributed by atoms with E-state index in [1.165, 1.54) is 0 Å². The summed E-state index contributed by atoms with van der Waals surface area (Å²) in [6.07, 6.45) is 2.19. The van der Waals surface area contributed by atoms with Crippen LogP contribution in [0.1, 0.15) is 33.6 Å². The minimum atomic E-state index is -0.455. The van der Waals surface area contributed by atoms with E-state index in [0.717, 1.165) is 12.8 Å². The van der Waals surface area contributed by atoms with Gasteiger partial charge in [0, 0.05) is 6.04 Å². The Morgan fingerprint density at radius 3 is 2.46 bits per heavy atom. The summed E-state index contributed by atoms with van der Waals surface area (Å²) >= 11 is 0. The molecule has 0 fully saturated rings. The normalized spacial score (nSPS) is 13.2. The van der Waals surface area contributed by atoms with Gasteiger partial charge in [-0.15, -0.1) is 0 Å². The lowest BCUT2D eigenvalue weighted by molar-refractivity contribution is -0.126. The summed E-state index contributed by atoms with van der Waals surface area (Å²) in [7, 11) is 0. The Balaban J connectivity index is 3.29. The van der Waals surface area contributed by atoms with Gasteiger partial charge in [0.05, 0.1) is 0 Å². The highest BCUT2D eigenvalue weighted by Gasteiger charge is 2.03. The molecule has 0 spiro atoms. The number of carbonyl (C=O) groups excluding carboxylic acids is 1. The number of hydroxylamine groups is 1. The van der Waals surface area contributed by atoms with Crippen LogP contribution in [0.3, 0.4) is 0 Å². The summed E-state index contributed by atoms with van der Waals surface area (Å²) in [5.74, 6) is 0.240. The van der Waals surface area contributed by atoms with Gasteiger partial charge in [-0.25, -0.2) is 0 Å². The number of hydrogen-bond donors (Lipinski definition) is 2. The van der Waals surface area contributed by atoms with Gasteiger partial charge in [0.2, 0.25) is 5.91 Å². The van der Waals surface area contributed by atoms with Crippen LogP contribution in [0.5, 0.6) is 0 Å². The zero-order valence-corrected chi connectivity index (χ0v) is 8.67. The van der Waals surface area contributed by atoms with Crippen LogP contribution in [0.4, 0.5) is 0 Å². The third kappa shape index (κ3) is 9.30. The molecule has 0 saturated carbocycles. The highest BCUT2D eigenvalue weighted by Crippen LogP contribution is 2.05. The van der Waals surface area contributed by atoms with E-state index in [1.807, 2.05) is 6.92 Å². The van der Waals surface area contributed by atoms with Gasteiger partial charge in [0.1, 0.15) is 6.61 Å². The highest BCUT2D eigenvalue weighted by atomic mass is 16.6. The Morgan fingerprint density at radius 2 is 2.00 bits per heavy atom. The zero-order valence-electron chi connectivity index (χ0n) is 8.67. The Bertz CT molecular complexity index is 149. The molecular weight excluding hydrogens is 168 g/mol. The van der Waals surface area contributed by atoms with Crippen LogP contribution >= 0.6 is 0 Å². The number of carbonyl (C=O) groups is 1. The quantitative estimate of drug-likeness (QED) is 0.581. The average Bonchev–Trinajstić information content (AvgIpc) is 2.00. The molecule has 0 aromatic heterocycles. The highest BCUT2D eigenvalue weighted by molar-refractivity contribution is 5.74. The molecule has 0 aliphatic rings. The monoisotopic (exact) mass is 188 g/mol. The number of hydrogen-bond acceptors (Lipinski definition) is 3. The second kappa shape index (κ2) is 6.86. The first-order chi connectivity index (χ1) is 6.02. The van der Waals surface area contributed by atoms with Crippen LogP contribution in [-0.2, 0) is 9.63 Å². The van der Waals surface area contributed by atoms with Crippen molar-refractivity contribution in [3.63, 3.8) is 0 Å². The molecule has 13 heavy (non-hydrogen) atoms. The van der Waals surface area contributed by atoms with Crippen molar-refractivity contribution in [3.05, 3.63) is 0 Å². The van der Waals surface area contributed by atoms with Crippen LogP contribution in [0.2, 0.25) is 0 Å². The molecule has 0 heterocycles. The van der Waals surface area contributed by atoms with Gasteiger partial charge in [-0.05, 0) is 25.7 Å². The first kappa shape index (κ1) is 12.4. The molecule has 0 radical (unpaired) electrons. The number of rotatable bonds is 7. The summed E-state index contributed by atoms with van der Waals surface area (Å²) in [6.45, 7) is 6.31. The summed E-state index contributed by atoms with van der Waals surface area (Å²) in [6, 6.07) is 0.266. The molecule has 0 aromatic carbocycles. The van der Waals surface area contributed by atoms with Gasteiger partial charge in [-0.3, -0.25) is 9.63 Å². The molecule has 78 valence electrons. The maximum atomic E-state index is 10.3. The largest absolute Gasteiger partial charge is 0.368 e. The predicted octanol–water partition coefficient (Wildman–Crippen LogP) is 0.818. The van der Waals surface area contributed by atoms with Crippen LogP contribution < -0.4 is 11.2 Å². The van der Waals surface area contributed by atoms with Crippen LogP contribution in [0, 0.1) is 5.92 Å². The lowest BCUT2D eigenvalue weighted by Crippen LogP contribution is -2.31. The SMILES string of the molecule is CC(C)CCC(C)NOCC(N)=O. The van der Waals surface area contributed by atoms with Crippen molar-refractivity contribution in [3.8, 4) is 0 Å². The Morgan fingerprint density at radius 1 is 1.38 bits per heavy atom. The molecule has 0 bridgehead atoms. The van der Waals surface area contributed by atoms with Crippen molar-refractivity contribution in [1.82, 2.24) is 5.48 Å². The summed E-state index contributed by atoms with van der Waals surface area (Å²) < 4.78 is 0. The maximum absolute atomic E-state index is 10.3. The number of amides is 1. The molecule has 0 rings (SSSR count). The van der Waals surface area contributed by atoms with Gasteiger partial charge in [-0.2, -0.15) is 5.48 Å². The van der Waals surface area contributed by atoms with E-state index in [0.29, 0.717) is 5.92 Å². The Kier molecular flexibility index (Phi) is 6.54. The fraction of sp³-hybridized carbons (Fsp3) is 0.889. The van der Waals surface area contributed by atoms with Crippen molar-refractivity contribution < 1.29 is 9.63 Å². The summed E-state index contributed by atoms with van der Waals surface area (Å²) in [5.41, 5.74) is 7.67. The number of primary amides is 1. The third-order valence-corrected chi connectivity index (χ3v) is 1.68. The molecule has 1 unspecified atom stereocenters. The minimum Gasteiger partial charge on any atom is -0.368 e. The van der Waals surface area contributed by atoms with Crippen molar-refractivity contribution in [1.29, 1.82) is 0 Å². The topological polar surface area (TPSA) is 64.3 Å². The van der Waals surface area contributed by atoms with E-state index in [4.69, 9.17) is 10.6 Å². The molecule has 0 aromatic rings. The molecule has 1 atom stereocenters. The second-order valence-electron chi connectivity index (χ2n) is 3.75. The van der Waals surface area contributed by atoms with E-state index >= 15 is 0 Å². The van der Waals surface area contributed by atoms with Gasteiger partial charge in [-0.1, -0.05) is 13.8 Å². The Hall–Kier alpha value is -0.610. The van der Waals surface area contributed by atoms with Crippen molar-refractivity contribution in [2.75, 3.05) is 6.61 Å². The van der Waals surface area contributed by atoms with Crippen LogP contribution in [0.15, 0.2) is 0 Å². The van der Waals surface area contributed by atoms with Crippen molar-refractivity contribution >= 4 is 5.91 Å². The minimum absolute atomic E-state index is 0.0635. The smallest absolute Gasteiger partial charge is 0.245 e. The Labute approximate surface area is 79.8 Å². The molecule has 1 amide bonds. The lowest BCUT2D eigenvalue weighted by Gasteiger charge is -2.13. The first-order valence-electron chi connectivity index (χ1n) is 4.68. The van der Waals surface area contributed by atoms with Gasteiger partial charge in [0.25, 0.3) is 0 Å². The lowest BCUT2D eigenvalue weighted by atomic mass is 10.1. The van der Waals surface area contributed by atoms with Gasteiger partial charge >= 0.3 is 0 Å². The molecule has 3 N–H and O–H groups in total. The van der Waals surface area contributed by atoms with E-state index < -0.39 is 5.91 Å². The van der Waals surface area contributed by atoms with Gasteiger partial charge in [0.15, 0.2) is 0 Å². The third-order valence-electron chi connectivity index (χ3n) is 1.68. The molecule has 0 aliphatic heterocycles. The molecule has 4 nitrogen and oxygen atoms in total. The first-order valence-corrected chi connectivity index (χ1v) is 4.68. The predicted molar refractivity (Wildman–Crippen MR) is 51.8 cm³/mol. The van der Waals surface area contributed by atoms with E-state index in [9.17, 15) is 4.79 Å². The van der Waals surface area contributed by atoms with E-state index in [1.54, 1.807) is 0 Å². The number of nitrogens with one attached hydrogen (secondary N) is 1. The van der Waals surface area contributed by atoms with Crippen LogP contribution in [0.25, 0.3) is 0 Å². The van der Waals surface area contributed by atoms with Crippen molar-refractivity contribution in [2.45, 2.75) is 39.7 Å². The van der Waals surface area contributed by atoms with Gasteiger partial charge < -0.3 is 5.73 Å². The standard InChI is InChI=1S/C9H20N2O2/c1-7(2)4-5-8(3)11-13-6-9(10)12/h7-8,11H,4-6H2,1-3H3,(H2,10,12). The molecule has 4 heteroatoms. The van der Waals surface area contributed by atoms with Crippen LogP contribution in [-0.4, -0.2) is 18.6 Å². The van der Waals surface area contributed by atoms with E-state index in [2.05, 4.69) is 19.3 Å². The molecule has 0 saturated heterocycles. The summed E-state index contributed by atoms with van der Waals surface area (Å²) in [5, 5.41) is 0. The van der Waals surface area contributed by atoms with Crippen molar-refractivity contribution in [2.24, 2.45) is 11.7 Å². The number of nitrogens with two attached hydrogens (primary N) is 1. The molecule has 0 aliphatic carbocycles. The summed E-state index contributed by atoms with van der Waals surface area (Å²) in [4.78, 5) is 15.2. The molecular formula is C9H20N2O2. The fourth-order valence-electron chi connectivity index (χ4n) is 0.897. The van der Waals surface area contributed by atoms with E-state index in [-0.39, 0.29) is 12.6 Å². The second-order valence-corrected chi connectivity index (χ2v) is 3.75. The fourth-order valence-corrected chi connectivity index (χ4v) is 0.897. The average molecular weight is 188 g/mol. The maximum Gasteiger partial charge on any atom is 0.245 e.